The second kappa shape index (κ2) is 9.47. The number of aromatic hydroxyl groups is 1. The molecule has 1 aromatic rings. The van der Waals surface area contributed by atoms with Gasteiger partial charge in [0.1, 0.15) is 0 Å². The molecule has 0 aliphatic carbocycles. The number of unbranched alkanes of at least 4 members (excludes halogenated alkanes) is 1. The average Bonchev–Trinajstić information content (AvgIpc) is 3.09. The van der Waals surface area contributed by atoms with Crippen LogP contribution in [0.15, 0.2) is 18.2 Å². The maximum absolute atomic E-state index is 12.3. The van der Waals surface area contributed by atoms with Crippen LogP contribution in [-0.2, 0) is 11.3 Å². The third-order valence-electron chi connectivity index (χ3n) is 4.22. The van der Waals surface area contributed by atoms with Crippen molar-refractivity contribution in [1.82, 2.24) is 10.2 Å². The zero-order valence-corrected chi connectivity index (χ0v) is 16.5. The van der Waals surface area contributed by atoms with E-state index in [1.54, 1.807) is 0 Å². The molecule has 1 unspecified atom stereocenters. The van der Waals surface area contributed by atoms with Crippen LogP contribution in [0.3, 0.4) is 0 Å². The van der Waals surface area contributed by atoms with Gasteiger partial charge in [0.05, 0.1) is 0 Å². The van der Waals surface area contributed by atoms with Crippen LogP contribution in [-0.4, -0.2) is 39.5 Å². The van der Waals surface area contributed by atoms with Crippen LogP contribution in [0, 0.1) is 3.57 Å². The van der Waals surface area contributed by atoms with Crippen molar-refractivity contribution < 1.29 is 9.90 Å². The summed E-state index contributed by atoms with van der Waals surface area (Å²) < 4.78 is 2.37. The van der Waals surface area contributed by atoms with E-state index in [9.17, 15) is 9.90 Å². The third kappa shape index (κ3) is 5.35. The number of hydrogen-bond donors (Lipinski definition) is 2. The number of carbonyl (C=O) groups excluding carboxylic acids is 1. The normalized spacial score (nSPS) is 16.0. The van der Waals surface area contributed by atoms with Crippen LogP contribution in [0.1, 0.15) is 45.1 Å². The fourth-order valence-corrected chi connectivity index (χ4v) is 5.84. The van der Waals surface area contributed by atoms with E-state index in [1.807, 2.05) is 24.0 Å². The van der Waals surface area contributed by atoms with Gasteiger partial charge in [-0.2, -0.15) is 0 Å². The van der Waals surface area contributed by atoms with Crippen LogP contribution in [0.5, 0.6) is 5.75 Å². The molecule has 130 valence electrons. The number of phenols is 1. The standard InChI is InChI=1S/C18H29IN2O2/c1-3-4-10-19-16-9-7-8-15(17(16)22)13-20-14(2)18(23)21-11-5-6-12-21/h7-9,14,19-20,22H,3-6,10-13H2,1-2H3. The number of carbonyl (C=O) groups is 1. The first-order valence-electron chi connectivity index (χ1n) is 8.59. The summed E-state index contributed by atoms with van der Waals surface area (Å²) >= 11 is -0.306. The molecule has 1 fully saturated rings. The Hall–Kier alpha value is -0.820. The quantitative estimate of drug-likeness (QED) is 0.377. The summed E-state index contributed by atoms with van der Waals surface area (Å²) in [5.74, 6) is 0.620. The first-order valence-corrected chi connectivity index (χ1v) is 11.4. The number of para-hydroxylation sites is 1. The molecule has 23 heavy (non-hydrogen) atoms. The van der Waals surface area contributed by atoms with Crippen molar-refractivity contribution in [3.63, 3.8) is 0 Å². The molecule has 5 heteroatoms. The minimum atomic E-state index is -0.306. The second-order valence-electron chi connectivity index (χ2n) is 6.10. The molecule has 0 saturated carbocycles. The van der Waals surface area contributed by atoms with Gasteiger partial charge in [-0.05, 0) is 0 Å². The predicted molar refractivity (Wildman–Crippen MR) is 104 cm³/mol. The van der Waals surface area contributed by atoms with E-state index < -0.39 is 0 Å². The van der Waals surface area contributed by atoms with Crippen molar-refractivity contribution in [2.45, 2.75) is 52.1 Å². The zero-order chi connectivity index (χ0) is 16.7. The van der Waals surface area contributed by atoms with Gasteiger partial charge in [0.2, 0.25) is 0 Å². The maximum atomic E-state index is 12.3. The van der Waals surface area contributed by atoms with Gasteiger partial charge in [-0.25, -0.2) is 0 Å². The topological polar surface area (TPSA) is 52.6 Å². The molecule has 0 bridgehead atoms. The Bertz CT molecular complexity index is 516. The van der Waals surface area contributed by atoms with Crippen LogP contribution in [0.4, 0.5) is 0 Å². The van der Waals surface area contributed by atoms with Crippen LogP contribution in [0.2, 0.25) is 0 Å². The van der Waals surface area contributed by atoms with E-state index in [2.05, 4.69) is 18.3 Å². The number of rotatable bonds is 8. The summed E-state index contributed by atoms with van der Waals surface area (Å²) in [6.07, 6.45) is 4.68. The fraction of sp³-hybridized carbons (Fsp3) is 0.611. The average molecular weight is 432 g/mol. The molecule has 0 radical (unpaired) electrons. The van der Waals surface area contributed by atoms with Crippen molar-refractivity contribution in [3.05, 3.63) is 27.3 Å². The predicted octanol–water partition coefficient (Wildman–Crippen LogP) is 3.17. The van der Waals surface area contributed by atoms with E-state index in [0.717, 1.165) is 35.1 Å². The van der Waals surface area contributed by atoms with Gasteiger partial charge in [0.15, 0.2) is 0 Å². The summed E-state index contributed by atoms with van der Waals surface area (Å²) in [6, 6.07) is 5.82. The Morgan fingerprint density at radius 3 is 2.83 bits per heavy atom. The number of halogens is 1. The molecule has 0 spiro atoms. The van der Waals surface area contributed by atoms with E-state index in [-0.39, 0.29) is 33.2 Å². The number of alkyl halides is 1. The molecule has 1 heterocycles. The molecular formula is C18H29IN2O2. The molecule has 1 amide bonds. The van der Waals surface area contributed by atoms with E-state index in [0.29, 0.717) is 12.3 Å². The molecule has 2 rings (SSSR count). The number of nitrogens with one attached hydrogen (secondary N) is 1. The minimum absolute atomic E-state index is 0.176. The van der Waals surface area contributed by atoms with Gasteiger partial charge in [-0.1, -0.05) is 0 Å². The second-order valence-corrected chi connectivity index (χ2v) is 9.35. The SMILES string of the molecule is CCCC[IH]c1cccc(CNC(C)C(=O)N2CCCC2)c1O. The summed E-state index contributed by atoms with van der Waals surface area (Å²) in [5.41, 5.74) is 0.908. The first-order chi connectivity index (χ1) is 11.1. The van der Waals surface area contributed by atoms with Crippen LogP contribution in [0.25, 0.3) is 0 Å². The summed E-state index contributed by atoms with van der Waals surface area (Å²) in [5, 5.41) is 13.7. The molecule has 4 nitrogen and oxygen atoms in total. The molecule has 0 aromatic heterocycles. The first kappa shape index (κ1) is 18.5. The summed E-state index contributed by atoms with van der Waals surface area (Å²) in [6.45, 7) is 6.42. The van der Waals surface area contributed by atoms with Crippen molar-refractivity contribution in [2.24, 2.45) is 0 Å². The fourth-order valence-electron chi connectivity index (χ4n) is 2.72. The Labute approximate surface area is 149 Å². The number of phenolic OH excluding ortho intramolecular Hbond substituents is 1. The molecule has 1 aliphatic rings. The Balaban J connectivity index is 1.89. The van der Waals surface area contributed by atoms with Crippen molar-refractivity contribution in [2.75, 3.05) is 17.5 Å². The number of likely N-dealkylation sites (tertiary alicyclic amines) is 1. The van der Waals surface area contributed by atoms with Crippen LogP contribution >= 0.6 is 21.2 Å². The molecule has 1 aromatic carbocycles. The number of nitrogens with zero attached hydrogens (tertiary/aromatic N) is 1. The van der Waals surface area contributed by atoms with E-state index in [4.69, 9.17) is 0 Å². The summed E-state index contributed by atoms with van der Waals surface area (Å²) in [4.78, 5) is 14.2. The molecule has 2 N–H and O–H groups in total. The Kier molecular flexibility index (Phi) is 7.62. The van der Waals surface area contributed by atoms with Gasteiger partial charge in [0, 0.05) is 0 Å². The van der Waals surface area contributed by atoms with Gasteiger partial charge >= 0.3 is 150 Å². The Morgan fingerprint density at radius 2 is 2.13 bits per heavy atom. The van der Waals surface area contributed by atoms with Gasteiger partial charge in [-0.3, -0.25) is 0 Å². The third-order valence-corrected chi connectivity index (χ3v) is 7.46. The zero-order valence-electron chi connectivity index (χ0n) is 14.2. The molecule has 1 atom stereocenters. The van der Waals surface area contributed by atoms with E-state index >= 15 is 0 Å². The van der Waals surface area contributed by atoms with Gasteiger partial charge in [0.25, 0.3) is 0 Å². The monoisotopic (exact) mass is 432 g/mol. The van der Waals surface area contributed by atoms with Crippen molar-refractivity contribution >= 4 is 27.1 Å². The summed E-state index contributed by atoms with van der Waals surface area (Å²) in [7, 11) is 0. The number of amides is 1. The van der Waals surface area contributed by atoms with Gasteiger partial charge in [-0.15, -0.1) is 0 Å². The van der Waals surface area contributed by atoms with Crippen molar-refractivity contribution in [3.8, 4) is 5.75 Å². The molecule has 1 saturated heterocycles. The van der Waals surface area contributed by atoms with Gasteiger partial charge < -0.3 is 0 Å². The number of benzene rings is 1. The number of hydrogen-bond acceptors (Lipinski definition) is 3. The van der Waals surface area contributed by atoms with Crippen molar-refractivity contribution in [1.29, 1.82) is 0 Å². The Morgan fingerprint density at radius 1 is 1.39 bits per heavy atom. The molecule has 1 aliphatic heterocycles. The molecular weight excluding hydrogens is 403 g/mol. The van der Waals surface area contributed by atoms with E-state index in [1.165, 1.54) is 17.3 Å². The van der Waals surface area contributed by atoms with Crippen LogP contribution < -0.4 is 5.32 Å².